The molecule has 0 aromatic carbocycles. The van der Waals surface area contributed by atoms with Crippen LogP contribution in [0.5, 0.6) is 5.88 Å². The predicted octanol–water partition coefficient (Wildman–Crippen LogP) is 1.07. The Balaban J connectivity index is 1.88. The molecule has 0 aliphatic carbocycles. The Bertz CT molecular complexity index is 723. The summed E-state index contributed by atoms with van der Waals surface area (Å²) in [4.78, 5) is 22.4. The number of methoxy groups -OCH3 is 1. The van der Waals surface area contributed by atoms with E-state index in [9.17, 15) is 14.9 Å². The van der Waals surface area contributed by atoms with E-state index in [0.29, 0.717) is 13.1 Å². The van der Waals surface area contributed by atoms with Crippen molar-refractivity contribution < 1.29 is 14.5 Å². The summed E-state index contributed by atoms with van der Waals surface area (Å²) in [5.41, 5.74) is 0.789. The van der Waals surface area contributed by atoms with E-state index >= 15 is 0 Å². The fourth-order valence-electron chi connectivity index (χ4n) is 2.18. The molecule has 0 bridgehead atoms. The lowest BCUT2D eigenvalue weighted by atomic mass is 10.3. The smallest absolute Gasteiger partial charge is 0.350 e. The quantitative estimate of drug-likeness (QED) is 0.438. The summed E-state index contributed by atoms with van der Waals surface area (Å²) in [5, 5.41) is 21.8. The number of rotatable bonds is 8. The van der Waals surface area contributed by atoms with E-state index in [0.717, 1.165) is 12.1 Å². The first-order chi connectivity index (χ1) is 11.4. The van der Waals surface area contributed by atoms with Crippen LogP contribution in [-0.4, -0.2) is 44.0 Å². The van der Waals surface area contributed by atoms with Gasteiger partial charge in [-0.2, -0.15) is 5.10 Å². The third kappa shape index (κ3) is 3.89. The zero-order chi connectivity index (χ0) is 17.7. The van der Waals surface area contributed by atoms with Gasteiger partial charge >= 0.3 is 11.6 Å². The summed E-state index contributed by atoms with van der Waals surface area (Å²) in [6.45, 7) is 4.76. The summed E-state index contributed by atoms with van der Waals surface area (Å²) in [5.74, 6) is -0.388. The van der Waals surface area contributed by atoms with Crippen molar-refractivity contribution in [1.82, 2.24) is 24.9 Å². The maximum Gasteiger partial charge on any atom is 0.350 e. The summed E-state index contributed by atoms with van der Waals surface area (Å²) in [7, 11) is 1.29. The maximum atomic E-state index is 12.1. The van der Waals surface area contributed by atoms with Crippen LogP contribution in [-0.2, 0) is 11.3 Å². The first kappa shape index (κ1) is 17.4. The van der Waals surface area contributed by atoms with Crippen molar-refractivity contribution in [3.05, 3.63) is 34.3 Å². The molecule has 10 heteroatoms. The first-order valence-electron chi connectivity index (χ1n) is 7.47. The van der Waals surface area contributed by atoms with Crippen LogP contribution in [0.1, 0.15) is 25.1 Å². The van der Waals surface area contributed by atoms with Gasteiger partial charge in [-0.1, -0.05) is 0 Å². The van der Waals surface area contributed by atoms with Crippen molar-refractivity contribution in [3.8, 4) is 5.88 Å². The van der Waals surface area contributed by atoms with E-state index in [1.165, 1.54) is 18.0 Å². The van der Waals surface area contributed by atoms with Gasteiger partial charge in [-0.3, -0.25) is 19.6 Å². The number of amides is 1. The molecule has 2 heterocycles. The highest BCUT2D eigenvalue weighted by molar-refractivity contribution is 5.79. The predicted molar refractivity (Wildman–Crippen MR) is 84.7 cm³/mol. The van der Waals surface area contributed by atoms with Crippen molar-refractivity contribution in [2.45, 2.75) is 32.9 Å². The molecule has 2 aromatic heterocycles. The number of ether oxygens (including phenoxy) is 1. The third-order valence-corrected chi connectivity index (χ3v) is 3.62. The Morgan fingerprint density at radius 2 is 2.29 bits per heavy atom. The van der Waals surface area contributed by atoms with Gasteiger partial charge in [0.25, 0.3) is 0 Å². The van der Waals surface area contributed by atoms with Crippen LogP contribution >= 0.6 is 0 Å². The van der Waals surface area contributed by atoms with Crippen LogP contribution in [0.2, 0.25) is 0 Å². The van der Waals surface area contributed by atoms with E-state index in [-0.39, 0.29) is 17.5 Å². The summed E-state index contributed by atoms with van der Waals surface area (Å²) in [6, 6.07) is 1.23. The molecular weight excluding hydrogens is 316 g/mol. The largest absolute Gasteiger partial charge is 0.475 e. The van der Waals surface area contributed by atoms with Gasteiger partial charge in [0.1, 0.15) is 12.2 Å². The van der Waals surface area contributed by atoms with Crippen LogP contribution in [0.15, 0.2) is 18.5 Å². The number of carbonyl (C=O) groups excluding carboxylic acids is 1. The monoisotopic (exact) mass is 336 g/mol. The molecule has 10 nitrogen and oxygen atoms in total. The van der Waals surface area contributed by atoms with Gasteiger partial charge in [0.15, 0.2) is 0 Å². The summed E-state index contributed by atoms with van der Waals surface area (Å²) < 4.78 is 7.94. The molecule has 0 saturated carbocycles. The van der Waals surface area contributed by atoms with Gasteiger partial charge in [-0.15, -0.1) is 5.10 Å². The van der Waals surface area contributed by atoms with Crippen LogP contribution in [0.4, 0.5) is 5.69 Å². The molecule has 0 fully saturated rings. The number of aryl methyl sites for hydroxylation is 2. The fourth-order valence-corrected chi connectivity index (χ4v) is 2.18. The van der Waals surface area contributed by atoms with Gasteiger partial charge in [0.05, 0.1) is 12.0 Å². The van der Waals surface area contributed by atoms with Crippen LogP contribution in [0, 0.1) is 17.0 Å². The Morgan fingerprint density at radius 3 is 2.83 bits per heavy atom. The minimum absolute atomic E-state index is 0.117. The molecule has 1 atom stereocenters. The molecule has 2 rings (SSSR count). The standard InChI is InChI=1S/C14H20N6O4/c1-10-5-7-16-18(10)8-4-6-15-13(21)11(2)19-9-12(20(22)23)14(17-19)24-3/h5,7,9,11H,4,6,8H2,1-3H3,(H,15,21). The lowest BCUT2D eigenvalue weighted by Gasteiger charge is -2.12. The van der Waals surface area contributed by atoms with E-state index in [4.69, 9.17) is 4.74 Å². The minimum Gasteiger partial charge on any atom is -0.475 e. The molecule has 0 radical (unpaired) electrons. The van der Waals surface area contributed by atoms with Crippen molar-refractivity contribution in [3.63, 3.8) is 0 Å². The Morgan fingerprint density at radius 1 is 1.54 bits per heavy atom. The van der Waals surface area contributed by atoms with E-state index < -0.39 is 11.0 Å². The maximum absolute atomic E-state index is 12.1. The normalized spacial score (nSPS) is 12.0. The molecule has 0 saturated heterocycles. The second kappa shape index (κ2) is 7.57. The number of hydrogen-bond donors (Lipinski definition) is 1. The number of aromatic nitrogens is 4. The van der Waals surface area contributed by atoms with Crippen LogP contribution in [0.25, 0.3) is 0 Å². The number of nitrogens with one attached hydrogen (secondary N) is 1. The van der Waals surface area contributed by atoms with E-state index in [1.807, 2.05) is 17.7 Å². The van der Waals surface area contributed by atoms with E-state index in [1.54, 1.807) is 13.1 Å². The highest BCUT2D eigenvalue weighted by atomic mass is 16.6. The van der Waals surface area contributed by atoms with Crippen molar-refractivity contribution in [2.24, 2.45) is 0 Å². The van der Waals surface area contributed by atoms with Gasteiger partial charge in [-0.05, 0) is 26.3 Å². The third-order valence-electron chi connectivity index (χ3n) is 3.62. The van der Waals surface area contributed by atoms with Crippen molar-refractivity contribution in [1.29, 1.82) is 0 Å². The molecule has 0 aliphatic heterocycles. The number of carbonyl (C=O) groups is 1. The molecule has 1 unspecified atom stereocenters. The fraction of sp³-hybridized carbons (Fsp3) is 0.500. The van der Waals surface area contributed by atoms with Crippen LogP contribution in [0.3, 0.4) is 0 Å². The molecule has 0 spiro atoms. The average molecular weight is 336 g/mol. The van der Waals surface area contributed by atoms with Gasteiger partial charge in [0.2, 0.25) is 5.91 Å². The summed E-state index contributed by atoms with van der Waals surface area (Å²) in [6.07, 6.45) is 3.65. The molecule has 24 heavy (non-hydrogen) atoms. The Hall–Kier alpha value is -2.91. The molecule has 2 aromatic rings. The topological polar surface area (TPSA) is 117 Å². The van der Waals surface area contributed by atoms with E-state index in [2.05, 4.69) is 15.5 Å². The SMILES string of the molecule is COc1nn(C(C)C(=O)NCCCn2nccc2C)cc1[N+](=O)[O-]. The van der Waals surface area contributed by atoms with Gasteiger partial charge < -0.3 is 10.1 Å². The lowest BCUT2D eigenvalue weighted by molar-refractivity contribution is -0.385. The molecule has 1 N–H and O–H groups in total. The molecule has 130 valence electrons. The highest BCUT2D eigenvalue weighted by Crippen LogP contribution is 2.25. The second-order valence-electron chi connectivity index (χ2n) is 5.28. The molecule has 0 aliphatic rings. The minimum atomic E-state index is -0.681. The Kier molecular flexibility index (Phi) is 5.51. The van der Waals surface area contributed by atoms with Gasteiger partial charge in [-0.25, -0.2) is 4.68 Å². The average Bonchev–Trinajstić information content (AvgIpc) is 3.16. The second-order valence-corrected chi connectivity index (χ2v) is 5.28. The number of nitro groups is 1. The van der Waals surface area contributed by atoms with Gasteiger partial charge in [0, 0.05) is 25.0 Å². The lowest BCUT2D eigenvalue weighted by Crippen LogP contribution is -2.32. The molecular formula is C14H20N6O4. The zero-order valence-corrected chi connectivity index (χ0v) is 13.8. The molecule has 1 amide bonds. The van der Waals surface area contributed by atoms with Crippen molar-refractivity contribution >= 4 is 11.6 Å². The van der Waals surface area contributed by atoms with Crippen molar-refractivity contribution in [2.75, 3.05) is 13.7 Å². The summed E-state index contributed by atoms with van der Waals surface area (Å²) >= 11 is 0. The number of nitrogens with zero attached hydrogens (tertiary/aromatic N) is 5. The Labute approximate surface area is 138 Å². The first-order valence-corrected chi connectivity index (χ1v) is 7.47. The highest BCUT2D eigenvalue weighted by Gasteiger charge is 2.24. The zero-order valence-electron chi connectivity index (χ0n) is 13.8. The number of hydrogen-bond acceptors (Lipinski definition) is 6. The van der Waals surface area contributed by atoms with Crippen LogP contribution < -0.4 is 10.1 Å².